The Kier molecular flexibility index (Phi) is 2.03. The number of aryl methyl sites for hydroxylation is 2. The lowest BCUT2D eigenvalue weighted by Crippen LogP contribution is -2.02. The number of carboxylic acids is 1. The van der Waals surface area contributed by atoms with Gasteiger partial charge in [-0.25, -0.2) is 4.98 Å². The van der Waals surface area contributed by atoms with Crippen LogP contribution in [-0.4, -0.2) is 20.5 Å². The van der Waals surface area contributed by atoms with Crippen molar-refractivity contribution in [3.63, 3.8) is 0 Å². The van der Waals surface area contributed by atoms with Crippen LogP contribution in [0.2, 0.25) is 0 Å². The summed E-state index contributed by atoms with van der Waals surface area (Å²) in [5.41, 5.74) is 2.69. The molecule has 0 aromatic carbocycles. The lowest BCUT2D eigenvalue weighted by atomic mass is 10.2. The van der Waals surface area contributed by atoms with Crippen LogP contribution in [0.3, 0.4) is 0 Å². The van der Waals surface area contributed by atoms with Gasteiger partial charge in [-0.1, -0.05) is 0 Å². The molecule has 0 saturated heterocycles. The quantitative estimate of drug-likeness (QED) is 0.819. The fraction of sp³-hybridized carbons (Fsp3) is 0.333. The van der Waals surface area contributed by atoms with Crippen molar-refractivity contribution in [3.05, 3.63) is 22.5 Å². The molecule has 4 nitrogen and oxygen atoms in total. The summed E-state index contributed by atoms with van der Waals surface area (Å²) < 4.78 is 1.99. The van der Waals surface area contributed by atoms with Gasteiger partial charge in [0.15, 0.2) is 4.96 Å². The van der Waals surface area contributed by atoms with Gasteiger partial charge >= 0.3 is 5.97 Å². The molecule has 74 valence electrons. The number of hydrogen-bond donors (Lipinski definition) is 1. The topological polar surface area (TPSA) is 54.6 Å². The lowest BCUT2D eigenvalue weighted by molar-refractivity contribution is -0.136. The molecule has 0 aliphatic heterocycles. The average Bonchev–Trinajstić information content (AvgIpc) is 2.57. The molecular formula is C9H10N2O2S. The zero-order chi connectivity index (χ0) is 10.3. The van der Waals surface area contributed by atoms with E-state index in [4.69, 9.17) is 5.11 Å². The van der Waals surface area contributed by atoms with E-state index in [1.807, 2.05) is 23.6 Å². The first-order valence-electron chi connectivity index (χ1n) is 4.23. The van der Waals surface area contributed by atoms with Gasteiger partial charge in [0, 0.05) is 16.8 Å². The molecule has 0 spiro atoms. The third-order valence-corrected chi connectivity index (χ3v) is 3.12. The zero-order valence-electron chi connectivity index (χ0n) is 7.94. The summed E-state index contributed by atoms with van der Waals surface area (Å²) in [5, 5.41) is 10.7. The van der Waals surface area contributed by atoms with Crippen molar-refractivity contribution in [1.82, 2.24) is 9.38 Å². The van der Waals surface area contributed by atoms with Crippen LogP contribution in [0.25, 0.3) is 4.96 Å². The number of rotatable bonds is 2. The molecule has 0 aliphatic carbocycles. The minimum Gasteiger partial charge on any atom is -0.481 e. The molecule has 2 aromatic heterocycles. The van der Waals surface area contributed by atoms with Gasteiger partial charge in [-0.3, -0.25) is 9.20 Å². The van der Waals surface area contributed by atoms with Crippen LogP contribution in [0.1, 0.15) is 17.1 Å². The van der Waals surface area contributed by atoms with Crippen molar-refractivity contribution in [2.24, 2.45) is 0 Å². The van der Waals surface area contributed by atoms with E-state index in [-0.39, 0.29) is 6.42 Å². The maximum Gasteiger partial charge on any atom is 0.309 e. The molecule has 0 saturated carbocycles. The molecule has 0 fully saturated rings. The van der Waals surface area contributed by atoms with E-state index in [9.17, 15) is 4.79 Å². The number of aromatic nitrogens is 2. The number of aliphatic carboxylic acids is 1. The summed E-state index contributed by atoms with van der Waals surface area (Å²) in [4.78, 5) is 15.7. The van der Waals surface area contributed by atoms with Gasteiger partial charge in [0.2, 0.25) is 0 Å². The highest BCUT2D eigenvalue weighted by Crippen LogP contribution is 2.20. The molecule has 0 aliphatic rings. The molecule has 14 heavy (non-hydrogen) atoms. The number of carbonyl (C=O) groups is 1. The van der Waals surface area contributed by atoms with Gasteiger partial charge in [0.25, 0.3) is 0 Å². The van der Waals surface area contributed by atoms with E-state index in [1.54, 1.807) is 0 Å². The lowest BCUT2D eigenvalue weighted by Gasteiger charge is -1.95. The highest BCUT2D eigenvalue weighted by atomic mass is 32.1. The SMILES string of the molecule is Cc1csc2nc(CC(=O)O)c(C)n12. The Hall–Kier alpha value is -1.36. The second-order valence-corrected chi connectivity index (χ2v) is 4.05. The van der Waals surface area contributed by atoms with Crippen LogP contribution in [0.15, 0.2) is 5.38 Å². The van der Waals surface area contributed by atoms with Gasteiger partial charge in [-0.2, -0.15) is 0 Å². The maximum atomic E-state index is 10.6. The molecule has 2 heterocycles. The number of nitrogens with zero attached hydrogens (tertiary/aromatic N) is 2. The van der Waals surface area contributed by atoms with Crippen LogP contribution in [0.4, 0.5) is 0 Å². The van der Waals surface area contributed by atoms with Gasteiger partial charge in [-0.05, 0) is 13.8 Å². The highest BCUT2D eigenvalue weighted by Gasteiger charge is 2.13. The molecular weight excluding hydrogens is 200 g/mol. The second kappa shape index (κ2) is 3.09. The molecule has 0 bridgehead atoms. The van der Waals surface area contributed by atoms with Gasteiger partial charge < -0.3 is 5.11 Å². The fourth-order valence-corrected chi connectivity index (χ4v) is 2.45. The smallest absolute Gasteiger partial charge is 0.309 e. The summed E-state index contributed by atoms with van der Waals surface area (Å²) in [6, 6.07) is 0. The monoisotopic (exact) mass is 210 g/mol. The van der Waals surface area contributed by atoms with Gasteiger partial charge in [-0.15, -0.1) is 11.3 Å². The Balaban J connectivity index is 2.57. The Morgan fingerprint density at radius 3 is 2.93 bits per heavy atom. The van der Waals surface area contributed by atoms with Crippen LogP contribution in [0, 0.1) is 13.8 Å². The Bertz CT molecular complexity index is 498. The van der Waals surface area contributed by atoms with Crippen molar-refractivity contribution in [3.8, 4) is 0 Å². The predicted octanol–water partition coefficient (Wildman–Crippen LogP) is 1.64. The van der Waals surface area contributed by atoms with Crippen LogP contribution >= 0.6 is 11.3 Å². The van der Waals surface area contributed by atoms with E-state index in [1.165, 1.54) is 11.3 Å². The van der Waals surface area contributed by atoms with E-state index in [0.29, 0.717) is 5.69 Å². The third kappa shape index (κ3) is 1.29. The van der Waals surface area contributed by atoms with Crippen LogP contribution < -0.4 is 0 Å². The molecule has 0 atom stereocenters. The maximum absolute atomic E-state index is 10.6. The summed E-state index contributed by atoms with van der Waals surface area (Å²) in [6.07, 6.45) is -0.000324. The number of fused-ring (bicyclic) bond motifs is 1. The first-order chi connectivity index (χ1) is 6.59. The van der Waals surface area contributed by atoms with Crippen molar-refractivity contribution >= 4 is 22.3 Å². The molecule has 2 aromatic rings. The number of carboxylic acid groups (broad SMARTS) is 1. The number of thiazole rings is 1. The normalized spacial score (nSPS) is 11.0. The molecule has 0 amide bonds. The number of imidazole rings is 1. The fourth-order valence-electron chi connectivity index (χ4n) is 1.51. The summed E-state index contributed by atoms with van der Waals surface area (Å²) in [7, 11) is 0. The Labute approximate surface area is 84.8 Å². The van der Waals surface area contributed by atoms with E-state index >= 15 is 0 Å². The largest absolute Gasteiger partial charge is 0.481 e. The molecule has 2 rings (SSSR count). The van der Waals surface area contributed by atoms with Crippen LogP contribution in [0.5, 0.6) is 0 Å². The first kappa shape index (κ1) is 9.21. The van der Waals surface area contributed by atoms with Crippen molar-refractivity contribution in [1.29, 1.82) is 0 Å². The Morgan fingerprint density at radius 1 is 1.64 bits per heavy atom. The molecule has 5 heteroatoms. The standard InChI is InChI=1S/C9H10N2O2S/c1-5-4-14-9-10-7(3-8(12)13)6(2)11(5)9/h4H,3H2,1-2H3,(H,12,13). The average molecular weight is 210 g/mol. The summed E-state index contributed by atoms with van der Waals surface area (Å²) in [6.45, 7) is 3.89. The first-order valence-corrected chi connectivity index (χ1v) is 5.11. The molecule has 0 unspecified atom stereocenters. The summed E-state index contributed by atoms with van der Waals surface area (Å²) >= 11 is 1.53. The molecule has 1 N–H and O–H groups in total. The minimum absolute atomic E-state index is 0.000324. The van der Waals surface area contributed by atoms with Crippen molar-refractivity contribution in [2.45, 2.75) is 20.3 Å². The van der Waals surface area contributed by atoms with Gasteiger partial charge in [0.1, 0.15) is 0 Å². The van der Waals surface area contributed by atoms with E-state index < -0.39 is 5.97 Å². The number of hydrogen-bond acceptors (Lipinski definition) is 3. The van der Waals surface area contributed by atoms with Crippen LogP contribution in [-0.2, 0) is 11.2 Å². The second-order valence-electron chi connectivity index (χ2n) is 3.21. The third-order valence-electron chi connectivity index (χ3n) is 2.18. The van der Waals surface area contributed by atoms with E-state index in [2.05, 4.69) is 4.98 Å². The van der Waals surface area contributed by atoms with Crippen molar-refractivity contribution < 1.29 is 9.90 Å². The minimum atomic E-state index is -0.837. The zero-order valence-corrected chi connectivity index (χ0v) is 8.76. The van der Waals surface area contributed by atoms with E-state index in [0.717, 1.165) is 16.3 Å². The van der Waals surface area contributed by atoms with Crippen molar-refractivity contribution in [2.75, 3.05) is 0 Å². The highest BCUT2D eigenvalue weighted by molar-refractivity contribution is 7.15. The molecule has 0 radical (unpaired) electrons. The predicted molar refractivity (Wildman–Crippen MR) is 53.9 cm³/mol. The summed E-state index contributed by atoms with van der Waals surface area (Å²) in [5.74, 6) is -0.837. The Morgan fingerprint density at radius 2 is 2.36 bits per heavy atom. The van der Waals surface area contributed by atoms with Gasteiger partial charge in [0.05, 0.1) is 12.1 Å².